The minimum Gasteiger partial charge on any atom is -0.480 e. The molecule has 0 amide bonds. The lowest BCUT2D eigenvalue weighted by molar-refractivity contribution is -0.141. The Morgan fingerprint density at radius 1 is 1.15 bits per heavy atom. The van der Waals surface area contributed by atoms with Crippen molar-refractivity contribution in [3.05, 3.63) is 17.8 Å². The van der Waals surface area contributed by atoms with E-state index < -0.39 is 28.0 Å². The van der Waals surface area contributed by atoms with Gasteiger partial charge < -0.3 is 14.8 Å². The molecule has 0 bridgehead atoms. The third-order valence-corrected chi connectivity index (χ3v) is 7.69. The summed E-state index contributed by atoms with van der Waals surface area (Å²) in [7, 11) is -0.584. The van der Waals surface area contributed by atoms with Gasteiger partial charge in [-0.25, -0.2) is 13.2 Å². The molecule has 9 nitrogen and oxygen atoms in total. The Balaban J connectivity index is 1.76. The van der Waals surface area contributed by atoms with E-state index in [-0.39, 0.29) is 16.1 Å². The van der Waals surface area contributed by atoms with Crippen molar-refractivity contribution in [2.24, 2.45) is 12.5 Å². The molecule has 2 aliphatic rings. The molecule has 1 aromatic heterocycles. The van der Waals surface area contributed by atoms with Crippen molar-refractivity contribution in [3.8, 4) is 0 Å². The number of hydrogen-bond donors (Lipinski definition) is 2. The topological polar surface area (TPSA) is 120 Å². The standard InChI is InChI=1S/C16H23N3O6S/c1-17-10-16(9-12(17)15(22)23)5-7-19(8-6-16)26(24,25)13-4-3-11(14(20)21)18(13)2/h3-4,12H,5-10H2,1-2H3,(H,20,21)(H,22,23). The number of piperidine rings is 1. The Morgan fingerprint density at radius 3 is 2.23 bits per heavy atom. The third kappa shape index (κ3) is 3.01. The highest BCUT2D eigenvalue weighted by Crippen LogP contribution is 2.43. The van der Waals surface area contributed by atoms with Crippen molar-refractivity contribution in [2.75, 3.05) is 26.7 Å². The number of likely N-dealkylation sites (tertiary alicyclic amines) is 1. The number of sulfonamides is 1. The van der Waals surface area contributed by atoms with Crippen LogP contribution >= 0.6 is 0 Å². The minimum absolute atomic E-state index is 0.0437. The van der Waals surface area contributed by atoms with Gasteiger partial charge >= 0.3 is 11.9 Å². The third-order valence-electron chi connectivity index (χ3n) is 5.71. The molecule has 2 aliphatic heterocycles. The minimum atomic E-state index is -3.79. The summed E-state index contributed by atoms with van der Waals surface area (Å²) in [6, 6.07) is 2.07. The number of aromatic carboxylic acids is 1. The maximum atomic E-state index is 12.9. The van der Waals surface area contributed by atoms with Gasteiger partial charge in [-0.05, 0) is 43.9 Å². The van der Waals surface area contributed by atoms with Gasteiger partial charge in [-0.3, -0.25) is 9.69 Å². The zero-order valence-corrected chi connectivity index (χ0v) is 15.6. The summed E-state index contributed by atoms with van der Waals surface area (Å²) < 4.78 is 28.3. The van der Waals surface area contributed by atoms with Crippen LogP contribution in [0.4, 0.5) is 0 Å². The van der Waals surface area contributed by atoms with E-state index in [1.807, 2.05) is 4.90 Å². The van der Waals surface area contributed by atoms with Gasteiger partial charge in [0.25, 0.3) is 10.0 Å². The Hall–Kier alpha value is -1.91. The second-order valence-corrected chi connectivity index (χ2v) is 9.18. The molecule has 1 aromatic rings. The number of carboxylic acids is 2. The van der Waals surface area contributed by atoms with Crippen molar-refractivity contribution >= 4 is 22.0 Å². The van der Waals surface area contributed by atoms with Crippen LogP contribution in [-0.2, 0) is 21.9 Å². The predicted molar refractivity (Wildman–Crippen MR) is 91.5 cm³/mol. The number of aromatic nitrogens is 1. The fourth-order valence-electron chi connectivity index (χ4n) is 4.21. The van der Waals surface area contributed by atoms with Crippen LogP contribution in [0, 0.1) is 5.41 Å². The summed E-state index contributed by atoms with van der Waals surface area (Å²) in [4.78, 5) is 24.3. The first-order valence-corrected chi connectivity index (χ1v) is 9.84. The summed E-state index contributed by atoms with van der Waals surface area (Å²) >= 11 is 0. The van der Waals surface area contributed by atoms with E-state index in [0.717, 1.165) is 0 Å². The largest absolute Gasteiger partial charge is 0.480 e. The molecule has 2 fully saturated rings. The molecule has 1 atom stereocenters. The molecular formula is C16H23N3O6S. The Morgan fingerprint density at radius 2 is 1.77 bits per heavy atom. The quantitative estimate of drug-likeness (QED) is 0.764. The molecule has 3 rings (SSSR count). The second kappa shape index (κ2) is 6.36. The summed E-state index contributed by atoms with van der Waals surface area (Å²) in [5.74, 6) is -2.02. The lowest BCUT2D eigenvalue weighted by Crippen LogP contribution is -2.44. The highest BCUT2D eigenvalue weighted by molar-refractivity contribution is 7.89. The smallest absolute Gasteiger partial charge is 0.352 e. The van der Waals surface area contributed by atoms with Crippen LogP contribution in [0.1, 0.15) is 29.8 Å². The zero-order chi connectivity index (χ0) is 19.3. The monoisotopic (exact) mass is 385 g/mol. The molecule has 0 aliphatic carbocycles. The van der Waals surface area contributed by atoms with E-state index in [1.165, 1.54) is 28.1 Å². The molecule has 2 saturated heterocycles. The fourth-order valence-corrected chi connectivity index (χ4v) is 5.82. The van der Waals surface area contributed by atoms with E-state index in [4.69, 9.17) is 5.11 Å². The van der Waals surface area contributed by atoms with Crippen LogP contribution in [0.2, 0.25) is 0 Å². The number of hydrogen-bond acceptors (Lipinski definition) is 5. The van der Waals surface area contributed by atoms with Crippen LogP contribution < -0.4 is 0 Å². The maximum absolute atomic E-state index is 12.9. The number of rotatable bonds is 4. The van der Waals surface area contributed by atoms with E-state index in [9.17, 15) is 23.1 Å². The molecule has 0 aromatic carbocycles. The molecule has 144 valence electrons. The molecule has 0 radical (unpaired) electrons. The van der Waals surface area contributed by atoms with Crippen molar-refractivity contribution in [3.63, 3.8) is 0 Å². The molecule has 10 heteroatoms. The lowest BCUT2D eigenvalue weighted by Gasteiger charge is -2.38. The Kier molecular flexibility index (Phi) is 4.62. The van der Waals surface area contributed by atoms with Gasteiger partial charge in [-0.1, -0.05) is 0 Å². The van der Waals surface area contributed by atoms with Crippen molar-refractivity contribution in [2.45, 2.75) is 30.3 Å². The molecule has 0 saturated carbocycles. The first-order chi connectivity index (χ1) is 12.1. The van der Waals surface area contributed by atoms with E-state index in [2.05, 4.69) is 0 Å². The molecule has 26 heavy (non-hydrogen) atoms. The number of likely N-dealkylation sites (N-methyl/N-ethyl adjacent to an activating group) is 1. The SMILES string of the molecule is CN1CC2(CCN(S(=O)(=O)c3ccc(C(=O)O)n3C)CC2)CC1C(=O)O. The Labute approximate surface area is 151 Å². The molecule has 1 unspecified atom stereocenters. The zero-order valence-electron chi connectivity index (χ0n) is 14.8. The van der Waals surface area contributed by atoms with Gasteiger partial charge in [0.15, 0.2) is 5.03 Å². The number of carboxylic acid groups (broad SMARTS) is 2. The van der Waals surface area contributed by atoms with E-state index in [0.29, 0.717) is 38.9 Å². The van der Waals surface area contributed by atoms with Crippen molar-refractivity contribution in [1.29, 1.82) is 0 Å². The first kappa shape index (κ1) is 18.9. The first-order valence-electron chi connectivity index (χ1n) is 8.40. The number of nitrogens with zero attached hydrogens (tertiary/aromatic N) is 3. The normalized spacial score (nSPS) is 24.2. The highest BCUT2D eigenvalue weighted by atomic mass is 32.2. The van der Waals surface area contributed by atoms with Crippen LogP contribution in [0.25, 0.3) is 0 Å². The van der Waals surface area contributed by atoms with E-state index in [1.54, 1.807) is 7.05 Å². The van der Waals surface area contributed by atoms with Gasteiger partial charge in [0, 0.05) is 26.7 Å². The average molecular weight is 385 g/mol. The van der Waals surface area contributed by atoms with Gasteiger partial charge in [-0.15, -0.1) is 0 Å². The van der Waals surface area contributed by atoms with Crippen LogP contribution in [0.15, 0.2) is 17.2 Å². The fraction of sp³-hybridized carbons (Fsp3) is 0.625. The summed E-state index contributed by atoms with van der Waals surface area (Å²) in [6.07, 6.45) is 1.72. The average Bonchev–Trinajstić information content (AvgIpc) is 3.09. The van der Waals surface area contributed by atoms with Gasteiger partial charge in [0.2, 0.25) is 0 Å². The molecule has 2 N–H and O–H groups in total. The summed E-state index contributed by atoms with van der Waals surface area (Å²) in [6.45, 7) is 1.25. The van der Waals surface area contributed by atoms with Gasteiger partial charge in [-0.2, -0.15) is 4.31 Å². The molecule has 3 heterocycles. The number of aliphatic carboxylic acids is 1. The van der Waals surface area contributed by atoms with E-state index >= 15 is 0 Å². The van der Waals surface area contributed by atoms with Gasteiger partial charge in [0.1, 0.15) is 11.7 Å². The summed E-state index contributed by atoms with van der Waals surface area (Å²) in [5.41, 5.74) is -0.261. The van der Waals surface area contributed by atoms with Crippen LogP contribution in [0.3, 0.4) is 0 Å². The molecule has 1 spiro atoms. The van der Waals surface area contributed by atoms with Crippen molar-refractivity contribution in [1.82, 2.24) is 13.8 Å². The second-order valence-electron chi connectivity index (χ2n) is 7.30. The summed E-state index contributed by atoms with van der Waals surface area (Å²) in [5, 5.41) is 18.4. The molecular weight excluding hydrogens is 362 g/mol. The lowest BCUT2D eigenvalue weighted by atomic mass is 9.77. The van der Waals surface area contributed by atoms with Crippen LogP contribution in [0.5, 0.6) is 0 Å². The predicted octanol–water partition coefficient (Wildman–Crippen LogP) is 0.283. The van der Waals surface area contributed by atoms with Crippen LogP contribution in [-0.4, -0.2) is 77.1 Å². The Bertz CT molecular complexity index is 838. The highest BCUT2D eigenvalue weighted by Gasteiger charge is 2.48. The maximum Gasteiger partial charge on any atom is 0.352 e. The number of carbonyl (C=O) groups is 2. The van der Waals surface area contributed by atoms with Crippen molar-refractivity contribution < 1.29 is 28.2 Å². The van der Waals surface area contributed by atoms with Gasteiger partial charge in [0.05, 0.1) is 0 Å².